The van der Waals surface area contributed by atoms with Crippen molar-refractivity contribution in [1.29, 1.82) is 0 Å². The molecule has 31 heavy (non-hydrogen) atoms. The second kappa shape index (κ2) is 9.66. The van der Waals surface area contributed by atoms with E-state index in [1.165, 1.54) is 12.1 Å². The fraction of sp³-hybridized carbons (Fsp3) is 0.208. The molecule has 0 bridgehead atoms. The lowest BCUT2D eigenvalue weighted by molar-refractivity contribution is 0.0785. The van der Waals surface area contributed by atoms with Crippen LogP contribution in [0.15, 0.2) is 77.7 Å². The van der Waals surface area contributed by atoms with E-state index >= 15 is 0 Å². The molecule has 0 unspecified atom stereocenters. The quantitative estimate of drug-likeness (QED) is 0.563. The van der Waals surface area contributed by atoms with Gasteiger partial charge in [-0.3, -0.25) is 9.52 Å². The number of amides is 1. The summed E-state index contributed by atoms with van der Waals surface area (Å²) in [5.74, 6) is 0.652. The minimum atomic E-state index is -3.69. The van der Waals surface area contributed by atoms with E-state index in [0.717, 1.165) is 11.3 Å². The zero-order valence-corrected chi connectivity index (χ0v) is 18.6. The third kappa shape index (κ3) is 5.64. The van der Waals surface area contributed by atoms with Gasteiger partial charge in [0.1, 0.15) is 5.75 Å². The summed E-state index contributed by atoms with van der Waals surface area (Å²) in [6.45, 7) is 4.76. The van der Waals surface area contributed by atoms with Crippen molar-refractivity contribution in [3.8, 4) is 5.75 Å². The smallest absolute Gasteiger partial charge is 0.261 e. The van der Waals surface area contributed by atoms with Crippen molar-refractivity contribution in [3.05, 3.63) is 89.5 Å². The maximum Gasteiger partial charge on any atom is 0.261 e. The molecule has 0 aromatic heterocycles. The lowest BCUT2D eigenvalue weighted by atomic mass is 10.1. The summed E-state index contributed by atoms with van der Waals surface area (Å²) in [6, 6.07) is 20.7. The maximum atomic E-state index is 12.9. The van der Waals surface area contributed by atoms with E-state index < -0.39 is 10.0 Å². The highest BCUT2D eigenvalue weighted by atomic mass is 32.2. The van der Waals surface area contributed by atoms with Crippen LogP contribution in [0, 0.1) is 6.92 Å². The van der Waals surface area contributed by atoms with Crippen molar-refractivity contribution in [1.82, 2.24) is 4.90 Å². The molecular weight excluding hydrogens is 412 g/mol. The molecule has 0 saturated carbocycles. The van der Waals surface area contributed by atoms with E-state index in [9.17, 15) is 13.2 Å². The first-order valence-electron chi connectivity index (χ1n) is 9.96. The molecule has 0 saturated heterocycles. The molecule has 6 nitrogen and oxygen atoms in total. The molecule has 3 rings (SSSR count). The number of hydrogen-bond donors (Lipinski definition) is 1. The van der Waals surface area contributed by atoms with Gasteiger partial charge in [-0.25, -0.2) is 8.42 Å². The largest absolute Gasteiger partial charge is 0.494 e. The van der Waals surface area contributed by atoms with Gasteiger partial charge >= 0.3 is 0 Å². The van der Waals surface area contributed by atoms with Crippen LogP contribution in [0.2, 0.25) is 0 Å². The van der Waals surface area contributed by atoms with Crippen LogP contribution in [-0.4, -0.2) is 32.9 Å². The number of benzene rings is 3. The molecule has 1 N–H and O–H groups in total. The van der Waals surface area contributed by atoms with Gasteiger partial charge in [0.05, 0.1) is 17.2 Å². The Morgan fingerprint density at radius 2 is 1.68 bits per heavy atom. The van der Waals surface area contributed by atoms with Crippen LogP contribution in [0.25, 0.3) is 0 Å². The summed E-state index contributed by atoms with van der Waals surface area (Å²) in [6.07, 6.45) is 0. The second-order valence-electron chi connectivity index (χ2n) is 7.19. The summed E-state index contributed by atoms with van der Waals surface area (Å²) < 4.78 is 33.1. The second-order valence-corrected chi connectivity index (χ2v) is 8.87. The number of sulfonamides is 1. The summed E-state index contributed by atoms with van der Waals surface area (Å²) >= 11 is 0. The molecule has 0 aliphatic carbocycles. The first-order valence-corrected chi connectivity index (χ1v) is 11.4. The normalized spacial score (nSPS) is 11.1. The van der Waals surface area contributed by atoms with E-state index in [1.54, 1.807) is 55.3 Å². The number of ether oxygens (including phenoxy) is 1. The Morgan fingerprint density at radius 3 is 2.29 bits per heavy atom. The van der Waals surface area contributed by atoms with Gasteiger partial charge in [0.2, 0.25) is 0 Å². The first-order chi connectivity index (χ1) is 14.8. The van der Waals surface area contributed by atoms with Crippen LogP contribution in [-0.2, 0) is 16.6 Å². The van der Waals surface area contributed by atoms with Crippen LogP contribution >= 0.6 is 0 Å². The van der Waals surface area contributed by atoms with E-state index in [2.05, 4.69) is 4.72 Å². The topological polar surface area (TPSA) is 75.7 Å². The Kier molecular flexibility index (Phi) is 6.97. The number of aryl methyl sites for hydroxylation is 1. The molecule has 0 fully saturated rings. The number of carbonyl (C=O) groups excluding carboxylic acids is 1. The molecule has 162 valence electrons. The molecule has 1 amide bonds. The number of nitrogens with zero attached hydrogens (tertiary/aromatic N) is 1. The van der Waals surface area contributed by atoms with Crippen LogP contribution in [0.5, 0.6) is 5.75 Å². The van der Waals surface area contributed by atoms with Gasteiger partial charge in [0.25, 0.3) is 15.9 Å². The van der Waals surface area contributed by atoms with Crippen molar-refractivity contribution in [2.45, 2.75) is 25.3 Å². The highest BCUT2D eigenvalue weighted by Crippen LogP contribution is 2.22. The molecule has 3 aromatic carbocycles. The van der Waals surface area contributed by atoms with Crippen molar-refractivity contribution in [2.75, 3.05) is 18.4 Å². The van der Waals surface area contributed by atoms with Crippen LogP contribution in [0.4, 0.5) is 5.69 Å². The summed E-state index contributed by atoms with van der Waals surface area (Å²) in [5.41, 5.74) is 2.59. The Hall–Kier alpha value is -3.32. The van der Waals surface area contributed by atoms with Gasteiger partial charge in [-0.05, 0) is 67.4 Å². The summed E-state index contributed by atoms with van der Waals surface area (Å²) in [5, 5.41) is 0. The van der Waals surface area contributed by atoms with E-state index in [4.69, 9.17) is 4.74 Å². The minimum Gasteiger partial charge on any atom is -0.494 e. The molecule has 0 heterocycles. The van der Waals surface area contributed by atoms with E-state index in [0.29, 0.717) is 30.0 Å². The standard InChI is InChI=1S/C24H26N2O4S/c1-4-30-21-13-10-19(11-14-21)17-26(3)24(27)20-12-15-23(18(2)16-20)25-31(28,29)22-8-6-5-7-9-22/h5-16,25H,4,17H2,1-3H3. The molecule has 0 radical (unpaired) electrons. The van der Waals surface area contributed by atoms with Crippen molar-refractivity contribution >= 4 is 21.6 Å². The van der Waals surface area contributed by atoms with E-state index in [1.807, 2.05) is 31.2 Å². The fourth-order valence-electron chi connectivity index (χ4n) is 3.14. The molecule has 0 aliphatic heterocycles. The molecule has 7 heteroatoms. The van der Waals surface area contributed by atoms with Crippen LogP contribution in [0.3, 0.4) is 0 Å². The van der Waals surface area contributed by atoms with Crippen molar-refractivity contribution in [2.24, 2.45) is 0 Å². The monoisotopic (exact) mass is 438 g/mol. The molecular formula is C24H26N2O4S. The average Bonchev–Trinajstić information content (AvgIpc) is 2.76. The van der Waals surface area contributed by atoms with Crippen molar-refractivity contribution in [3.63, 3.8) is 0 Å². The average molecular weight is 439 g/mol. The number of nitrogens with one attached hydrogen (secondary N) is 1. The third-order valence-corrected chi connectivity index (χ3v) is 6.15. The van der Waals surface area contributed by atoms with E-state index in [-0.39, 0.29) is 10.8 Å². The van der Waals surface area contributed by atoms with Gasteiger partial charge < -0.3 is 9.64 Å². The Labute approximate surface area is 183 Å². The van der Waals surface area contributed by atoms with Crippen LogP contribution in [0.1, 0.15) is 28.4 Å². The Balaban J connectivity index is 1.70. The molecule has 0 atom stereocenters. The van der Waals surface area contributed by atoms with Gasteiger partial charge in [0, 0.05) is 19.2 Å². The fourth-order valence-corrected chi connectivity index (χ4v) is 4.29. The lowest BCUT2D eigenvalue weighted by Crippen LogP contribution is -2.26. The molecule has 3 aromatic rings. The number of hydrogen-bond acceptors (Lipinski definition) is 4. The molecule has 0 spiro atoms. The van der Waals surface area contributed by atoms with Gasteiger partial charge in [-0.1, -0.05) is 30.3 Å². The van der Waals surface area contributed by atoms with Crippen LogP contribution < -0.4 is 9.46 Å². The minimum absolute atomic E-state index is 0.144. The molecule has 0 aliphatic rings. The lowest BCUT2D eigenvalue weighted by Gasteiger charge is -2.19. The predicted molar refractivity (Wildman–Crippen MR) is 122 cm³/mol. The SMILES string of the molecule is CCOc1ccc(CN(C)C(=O)c2ccc(NS(=O)(=O)c3ccccc3)c(C)c2)cc1. The highest BCUT2D eigenvalue weighted by molar-refractivity contribution is 7.92. The van der Waals surface area contributed by atoms with Gasteiger partial charge in [-0.2, -0.15) is 0 Å². The third-order valence-electron chi connectivity index (χ3n) is 4.77. The number of rotatable bonds is 8. The van der Waals surface area contributed by atoms with Gasteiger partial charge in [-0.15, -0.1) is 0 Å². The maximum absolute atomic E-state index is 12.9. The first kappa shape index (κ1) is 22.4. The summed E-state index contributed by atoms with van der Waals surface area (Å²) in [4.78, 5) is 14.7. The van der Waals surface area contributed by atoms with Crippen molar-refractivity contribution < 1.29 is 17.9 Å². The predicted octanol–water partition coefficient (Wildman–Crippen LogP) is 4.47. The highest BCUT2D eigenvalue weighted by Gasteiger charge is 2.17. The Bertz CT molecular complexity index is 1140. The number of anilines is 1. The zero-order valence-electron chi connectivity index (χ0n) is 17.8. The zero-order chi connectivity index (χ0) is 22.4. The number of carbonyl (C=O) groups is 1. The summed E-state index contributed by atoms with van der Waals surface area (Å²) in [7, 11) is -1.95. The Morgan fingerprint density at radius 1 is 1.00 bits per heavy atom. The van der Waals surface area contributed by atoms with Gasteiger partial charge in [0.15, 0.2) is 0 Å².